The van der Waals surface area contributed by atoms with Gasteiger partial charge in [0.1, 0.15) is 12.4 Å². The third-order valence-electron chi connectivity index (χ3n) is 4.98. The molecule has 0 radical (unpaired) electrons. The van der Waals surface area contributed by atoms with Crippen LogP contribution in [-0.2, 0) is 14.8 Å². The third-order valence-corrected chi connectivity index (χ3v) is 6.73. The number of likely N-dealkylation sites (N-methyl/N-ethyl adjacent to an activating group) is 1. The monoisotopic (exact) mass is 508 g/mol. The summed E-state index contributed by atoms with van der Waals surface area (Å²) in [6, 6.07) is 20.1. The van der Waals surface area contributed by atoms with Crippen LogP contribution in [0.2, 0.25) is 0 Å². The number of rotatable bonds is 6. The summed E-state index contributed by atoms with van der Waals surface area (Å²) in [4.78, 5) is 11.2. The molecule has 0 saturated carbocycles. The van der Waals surface area contributed by atoms with Crippen LogP contribution < -0.4 is 4.74 Å². The molecule has 0 unspecified atom stereocenters. The fourth-order valence-electron chi connectivity index (χ4n) is 3.31. The number of carboxylic acid groups (broad SMARTS) is 1. The number of hydrogen-bond acceptors (Lipinski definition) is 5. The van der Waals surface area contributed by atoms with Gasteiger partial charge in [0, 0.05) is 23.5 Å². The van der Waals surface area contributed by atoms with Gasteiger partial charge < -0.3 is 14.7 Å². The van der Waals surface area contributed by atoms with Crippen molar-refractivity contribution in [2.24, 2.45) is 0 Å². The van der Waals surface area contributed by atoms with Gasteiger partial charge in [0.15, 0.2) is 0 Å². The van der Waals surface area contributed by atoms with Crippen LogP contribution in [0.1, 0.15) is 0 Å². The molecule has 11 heteroatoms. The van der Waals surface area contributed by atoms with Crippen molar-refractivity contribution in [3.8, 4) is 5.75 Å². The molecule has 0 bridgehead atoms. The summed E-state index contributed by atoms with van der Waals surface area (Å²) >= 11 is 0. The Bertz CT molecular complexity index is 1440. The third kappa shape index (κ3) is 5.92. The van der Waals surface area contributed by atoms with Crippen LogP contribution in [0.4, 0.5) is 13.2 Å². The van der Waals surface area contributed by atoms with Crippen molar-refractivity contribution in [3.63, 3.8) is 0 Å². The summed E-state index contributed by atoms with van der Waals surface area (Å²) in [6.07, 6.45) is -3.49. The van der Waals surface area contributed by atoms with Crippen LogP contribution in [0.5, 0.6) is 5.75 Å². The van der Waals surface area contributed by atoms with Gasteiger partial charge in [-0.2, -0.15) is 13.2 Å². The lowest BCUT2D eigenvalue weighted by Crippen LogP contribution is -2.21. The Hall–Kier alpha value is -3.57. The fourth-order valence-corrected chi connectivity index (χ4v) is 4.88. The minimum absolute atomic E-state index is 0.294. The SMILES string of the molecule is CN(C)CCOc1cccc2c1ccn2S(=O)(=O)c1cccc2ccccc12.O=C(O)C(F)(F)F. The molecule has 0 spiro atoms. The standard InChI is InChI=1S/C22H22N2O3S.C2HF3O2/c1-23(2)15-16-27-21-11-6-10-20-19(21)13-14-24(20)28(25,26)22-12-5-8-17-7-3-4-9-18(17)22;3-2(4,5)1(6)7/h3-14H,15-16H2,1-2H3;(H,6,7). The highest BCUT2D eigenvalue weighted by atomic mass is 32.2. The fraction of sp³-hybridized carbons (Fsp3) is 0.208. The van der Waals surface area contributed by atoms with E-state index in [4.69, 9.17) is 14.6 Å². The second-order valence-corrected chi connectivity index (χ2v) is 9.52. The Morgan fingerprint density at radius 1 is 0.971 bits per heavy atom. The molecular weight excluding hydrogens is 485 g/mol. The summed E-state index contributed by atoms with van der Waals surface area (Å²) in [5.41, 5.74) is 0.607. The van der Waals surface area contributed by atoms with Crippen LogP contribution >= 0.6 is 0 Å². The summed E-state index contributed by atoms with van der Waals surface area (Å²) in [5.74, 6) is -2.07. The number of carboxylic acids is 1. The van der Waals surface area contributed by atoms with E-state index in [1.165, 1.54) is 3.97 Å². The lowest BCUT2D eigenvalue weighted by Gasteiger charge is -2.13. The average molecular weight is 509 g/mol. The summed E-state index contributed by atoms with van der Waals surface area (Å²) in [5, 5.41) is 9.52. The smallest absolute Gasteiger partial charge is 0.490 e. The predicted molar refractivity (Wildman–Crippen MR) is 126 cm³/mol. The highest BCUT2D eigenvalue weighted by Gasteiger charge is 2.38. The summed E-state index contributed by atoms with van der Waals surface area (Å²) < 4.78 is 65.9. The lowest BCUT2D eigenvalue weighted by molar-refractivity contribution is -0.192. The zero-order chi connectivity index (χ0) is 25.8. The average Bonchev–Trinajstić information content (AvgIpc) is 3.24. The molecule has 7 nitrogen and oxygen atoms in total. The van der Waals surface area contributed by atoms with E-state index >= 15 is 0 Å². The zero-order valence-electron chi connectivity index (χ0n) is 18.9. The quantitative estimate of drug-likeness (QED) is 0.409. The zero-order valence-corrected chi connectivity index (χ0v) is 19.7. The molecule has 0 atom stereocenters. The summed E-state index contributed by atoms with van der Waals surface area (Å²) in [7, 11) is 0.220. The van der Waals surface area contributed by atoms with E-state index in [0.717, 1.165) is 17.3 Å². The maximum atomic E-state index is 13.5. The Balaban J connectivity index is 0.000000429. The molecule has 0 aliphatic heterocycles. The van der Waals surface area contributed by atoms with Crippen molar-refractivity contribution >= 4 is 37.7 Å². The van der Waals surface area contributed by atoms with Gasteiger partial charge in [0.25, 0.3) is 10.0 Å². The second kappa shape index (κ2) is 10.4. The molecule has 1 heterocycles. The first kappa shape index (κ1) is 26.0. The number of fused-ring (bicyclic) bond motifs is 2. The number of alkyl halides is 3. The molecule has 0 aliphatic rings. The van der Waals surface area contributed by atoms with Gasteiger partial charge in [-0.05, 0) is 43.7 Å². The molecule has 3 aromatic carbocycles. The predicted octanol–water partition coefficient (Wildman–Crippen LogP) is 4.61. The number of nitrogens with zero attached hydrogens (tertiary/aromatic N) is 2. The van der Waals surface area contributed by atoms with E-state index in [2.05, 4.69) is 0 Å². The Kier molecular flexibility index (Phi) is 7.71. The molecule has 1 aromatic heterocycles. The van der Waals surface area contributed by atoms with E-state index < -0.39 is 22.2 Å². The van der Waals surface area contributed by atoms with Gasteiger partial charge in [-0.3, -0.25) is 0 Å². The Labute approximate surface area is 200 Å². The minimum Gasteiger partial charge on any atom is -0.492 e. The Morgan fingerprint density at radius 2 is 1.60 bits per heavy atom. The van der Waals surface area contributed by atoms with Crippen molar-refractivity contribution in [1.29, 1.82) is 0 Å². The van der Waals surface area contributed by atoms with Gasteiger partial charge in [-0.25, -0.2) is 17.2 Å². The van der Waals surface area contributed by atoms with Crippen LogP contribution in [0.25, 0.3) is 21.7 Å². The van der Waals surface area contributed by atoms with E-state index in [1.807, 2.05) is 61.5 Å². The number of aliphatic carboxylic acids is 1. The van der Waals surface area contributed by atoms with E-state index in [-0.39, 0.29) is 0 Å². The number of hydrogen-bond donors (Lipinski definition) is 1. The molecule has 4 aromatic rings. The van der Waals surface area contributed by atoms with Crippen LogP contribution in [0.3, 0.4) is 0 Å². The molecule has 0 fully saturated rings. The molecule has 0 amide bonds. The second-order valence-electron chi connectivity index (χ2n) is 7.74. The van der Waals surface area contributed by atoms with Gasteiger partial charge in [0.2, 0.25) is 0 Å². The number of carbonyl (C=O) groups is 1. The van der Waals surface area contributed by atoms with Crippen molar-refractivity contribution < 1.29 is 36.2 Å². The van der Waals surface area contributed by atoms with Gasteiger partial charge in [0.05, 0.1) is 10.4 Å². The first-order valence-electron chi connectivity index (χ1n) is 10.3. The molecule has 186 valence electrons. The number of benzene rings is 3. The molecule has 1 N–H and O–H groups in total. The minimum atomic E-state index is -5.08. The Morgan fingerprint density at radius 3 is 2.26 bits per heavy atom. The van der Waals surface area contributed by atoms with Gasteiger partial charge >= 0.3 is 12.1 Å². The normalized spacial score (nSPS) is 11.9. The number of ether oxygens (including phenoxy) is 1. The van der Waals surface area contributed by atoms with E-state index in [9.17, 15) is 21.6 Å². The van der Waals surface area contributed by atoms with E-state index in [1.54, 1.807) is 30.5 Å². The van der Waals surface area contributed by atoms with Crippen molar-refractivity contribution in [2.45, 2.75) is 11.1 Å². The van der Waals surface area contributed by atoms with Crippen molar-refractivity contribution in [3.05, 3.63) is 72.9 Å². The first-order chi connectivity index (χ1) is 16.4. The summed E-state index contributed by atoms with van der Waals surface area (Å²) in [6.45, 7) is 1.32. The van der Waals surface area contributed by atoms with E-state index in [0.29, 0.717) is 28.2 Å². The maximum absolute atomic E-state index is 13.5. The molecule has 0 saturated heterocycles. The maximum Gasteiger partial charge on any atom is 0.490 e. The number of halogens is 3. The first-order valence-corrected chi connectivity index (χ1v) is 11.8. The molecular formula is C24H23F3N2O5S. The van der Waals surface area contributed by atoms with Crippen LogP contribution in [-0.4, -0.2) is 61.8 Å². The van der Waals surface area contributed by atoms with Crippen molar-refractivity contribution in [2.75, 3.05) is 27.2 Å². The highest BCUT2D eigenvalue weighted by molar-refractivity contribution is 7.90. The molecule has 0 aliphatic carbocycles. The highest BCUT2D eigenvalue weighted by Crippen LogP contribution is 2.31. The largest absolute Gasteiger partial charge is 0.492 e. The molecule has 4 rings (SSSR count). The van der Waals surface area contributed by atoms with Gasteiger partial charge in [-0.15, -0.1) is 0 Å². The number of aromatic nitrogens is 1. The van der Waals surface area contributed by atoms with Gasteiger partial charge in [-0.1, -0.05) is 42.5 Å². The lowest BCUT2D eigenvalue weighted by atomic mass is 10.1. The topological polar surface area (TPSA) is 88.8 Å². The van der Waals surface area contributed by atoms with Crippen LogP contribution in [0.15, 0.2) is 77.8 Å². The van der Waals surface area contributed by atoms with Crippen LogP contribution in [0, 0.1) is 0 Å². The molecule has 35 heavy (non-hydrogen) atoms. The van der Waals surface area contributed by atoms with Crippen molar-refractivity contribution in [1.82, 2.24) is 8.87 Å².